The Hall–Kier alpha value is -1.84. The zero-order valence-electron chi connectivity index (χ0n) is 11.6. The molecule has 1 aliphatic rings. The number of nitrogens with one attached hydrogen (secondary N) is 1. The van der Waals surface area contributed by atoms with Gasteiger partial charge >= 0.3 is 0 Å². The van der Waals surface area contributed by atoms with Gasteiger partial charge in [0.2, 0.25) is 11.8 Å². The molecule has 1 aromatic carbocycles. The fourth-order valence-corrected chi connectivity index (χ4v) is 2.43. The molecule has 19 heavy (non-hydrogen) atoms. The number of hydrogen-bond donors (Lipinski definition) is 1. The maximum absolute atomic E-state index is 12.3. The lowest BCUT2D eigenvalue weighted by molar-refractivity contribution is -0.149. The third-order valence-electron chi connectivity index (χ3n) is 3.25. The Balaban J connectivity index is 2.36. The van der Waals surface area contributed by atoms with E-state index in [1.807, 2.05) is 44.2 Å². The fraction of sp³-hybridized carbons (Fsp3) is 0.467. The molecule has 1 N–H and O–H groups in total. The fourth-order valence-electron chi connectivity index (χ4n) is 2.43. The van der Waals surface area contributed by atoms with Gasteiger partial charge in [-0.3, -0.25) is 9.59 Å². The maximum atomic E-state index is 12.3. The van der Waals surface area contributed by atoms with E-state index in [1.165, 1.54) is 0 Å². The van der Waals surface area contributed by atoms with E-state index in [4.69, 9.17) is 0 Å². The van der Waals surface area contributed by atoms with Gasteiger partial charge in [-0.15, -0.1) is 0 Å². The quantitative estimate of drug-likeness (QED) is 0.899. The summed E-state index contributed by atoms with van der Waals surface area (Å²) in [5.41, 5.74) is 0.862. The normalized spacial score (nSPS) is 23.7. The monoisotopic (exact) mass is 260 g/mol. The van der Waals surface area contributed by atoms with E-state index < -0.39 is 12.1 Å². The molecule has 0 radical (unpaired) electrons. The summed E-state index contributed by atoms with van der Waals surface area (Å²) in [5.74, 6) is 0.217. The van der Waals surface area contributed by atoms with Gasteiger partial charge < -0.3 is 10.2 Å². The molecule has 1 aliphatic heterocycles. The largest absolute Gasteiger partial charge is 0.342 e. The molecule has 1 fully saturated rings. The second-order valence-corrected chi connectivity index (χ2v) is 5.43. The molecule has 1 saturated heterocycles. The average molecular weight is 260 g/mol. The van der Waals surface area contributed by atoms with Crippen molar-refractivity contribution in [3.8, 4) is 0 Å². The molecule has 2 atom stereocenters. The molecule has 1 heterocycles. The zero-order chi connectivity index (χ0) is 14.0. The van der Waals surface area contributed by atoms with Crippen molar-refractivity contribution >= 4 is 11.8 Å². The standard InChI is InChI=1S/C15H20N2O2/c1-10(2)9-17-13(12-7-5-4-6-8-12)14(18)16-11(3)15(17)19/h4-8,10-11,13H,9H2,1-3H3,(H,16,18). The molecular formula is C15H20N2O2. The summed E-state index contributed by atoms with van der Waals surface area (Å²) in [6, 6.07) is 8.51. The van der Waals surface area contributed by atoms with E-state index in [0.29, 0.717) is 12.5 Å². The average Bonchev–Trinajstić information content (AvgIpc) is 2.36. The van der Waals surface area contributed by atoms with Crippen molar-refractivity contribution in [3.05, 3.63) is 35.9 Å². The van der Waals surface area contributed by atoms with Gasteiger partial charge in [-0.25, -0.2) is 0 Å². The van der Waals surface area contributed by atoms with Crippen LogP contribution in [0.4, 0.5) is 0 Å². The number of rotatable bonds is 3. The van der Waals surface area contributed by atoms with Gasteiger partial charge in [-0.2, -0.15) is 0 Å². The van der Waals surface area contributed by atoms with Crippen LogP contribution >= 0.6 is 0 Å². The van der Waals surface area contributed by atoms with Crippen molar-refractivity contribution in [2.45, 2.75) is 32.9 Å². The first-order valence-corrected chi connectivity index (χ1v) is 6.66. The van der Waals surface area contributed by atoms with Crippen molar-refractivity contribution in [1.82, 2.24) is 10.2 Å². The van der Waals surface area contributed by atoms with Crippen LogP contribution < -0.4 is 5.32 Å². The van der Waals surface area contributed by atoms with Gasteiger partial charge in [-0.05, 0) is 18.4 Å². The highest BCUT2D eigenvalue weighted by Crippen LogP contribution is 2.26. The number of benzene rings is 1. The highest BCUT2D eigenvalue weighted by atomic mass is 16.2. The van der Waals surface area contributed by atoms with E-state index in [2.05, 4.69) is 5.32 Å². The number of piperazine rings is 1. The van der Waals surface area contributed by atoms with Crippen LogP contribution in [-0.2, 0) is 9.59 Å². The molecular weight excluding hydrogens is 240 g/mol. The predicted molar refractivity (Wildman–Crippen MR) is 73.3 cm³/mol. The van der Waals surface area contributed by atoms with Crippen LogP contribution in [0.2, 0.25) is 0 Å². The molecule has 2 unspecified atom stereocenters. The van der Waals surface area contributed by atoms with Gasteiger partial charge in [-0.1, -0.05) is 44.2 Å². The van der Waals surface area contributed by atoms with E-state index in [0.717, 1.165) is 5.56 Å². The molecule has 2 amide bonds. The molecule has 1 aromatic rings. The summed E-state index contributed by atoms with van der Waals surface area (Å²) in [7, 11) is 0. The number of hydrogen-bond acceptors (Lipinski definition) is 2. The smallest absolute Gasteiger partial charge is 0.248 e. The number of carbonyl (C=O) groups excluding carboxylic acids is 2. The molecule has 4 heteroatoms. The Morgan fingerprint density at radius 3 is 2.42 bits per heavy atom. The molecule has 102 valence electrons. The van der Waals surface area contributed by atoms with Crippen LogP contribution in [0.1, 0.15) is 32.4 Å². The third-order valence-corrected chi connectivity index (χ3v) is 3.25. The van der Waals surface area contributed by atoms with Crippen LogP contribution in [0, 0.1) is 5.92 Å². The Morgan fingerprint density at radius 2 is 1.84 bits per heavy atom. The third kappa shape index (κ3) is 2.78. The molecule has 0 saturated carbocycles. The Labute approximate surface area is 113 Å². The summed E-state index contributed by atoms with van der Waals surface area (Å²) in [6.45, 7) is 6.42. The SMILES string of the molecule is CC(C)CN1C(=O)C(C)NC(=O)C1c1ccccc1. The summed E-state index contributed by atoms with van der Waals surface area (Å²) >= 11 is 0. The van der Waals surface area contributed by atoms with Gasteiger partial charge in [0, 0.05) is 6.54 Å². The van der Waals surface area contributed by atoms with E-state index in [-0.39, 0.29) is 11.8 Å². The molecule has 0 aliphatic carbocycles. The first-order valence-electron chi connectivity index (χ1n) is 6.66. The molecule has 4 nitrogen and oxygen atoms in total. The van der Waals surface area contributed by atoms with Crippen molar-refractivity contribution in [3.63, 3.8) is 0 Å². The van der Waals surface area contributed by atoms with Crippen LogP contribution in [0.15, 0.2) is 30.3 Å². The first kappa shape index (κ1) is 13.6. The minimum Gasteiger partial charge on any atom is -0.342 e. The van der Waals surface area contributed by atoms with Crippen LogP contribution in [0.3, 0.4) is 0 Å². The van der Waals surface area contributed by atoms with Crippen molar-refractivity contribution in [1.29, 1.82) is 0 Å². The summed E-state index contributed by atoms with van der Waals surface area (Å²) in [6.07, 6.45) is 0. The number of carbonyl (C=O) groups is 2. The van der Waals surface area contributed by atoms with Gasteiger partial charge in [0.1, 0.15) is 12.1 Å². The van der Waals surface area contributed by atoms with E-state index >= 15 is 0 Å². The van der Waals surface area contributed by atoms with E-state index in [9.17, 15) is 9.59 Å². The molecule has 0 bridgehead atoms. The van der Waals surface area contributed by atoms with Crippen LogP contribution in [0.5, 0.6) is 0 Å². The highest BCUT2D eigenvalue weighted by Gasteiger charge is 2.39. The number of amides is 2. The second kappa shape index (κ2) is 5.43. The lowest BCUT2D eigenvalue weighted by Gasteiger charge is -2.39. The van der Waals surface area contributed by atoms with Gasteiger partial charge in [0.25, 0.3) is 0 Å². The van der Waals surface area contributed by atoms with Crippen molar-refractivity contribution in [2.75, 3.05) is 6.54 Å². The minimum absolute atomic E-state index is 0.0119. The predicted octanol–water partition coefficient (Wildman–Crippen LogP) is 1.73. The second-order valence-electron chi connectivity index (χ2n) is 5.43. The molecule has 2 rings (SSSR count). The number of nitrogens with zero attached hydrogens (tertiary/aromatic N) is 1. The lowest BCUT2D eigenvalue weighted by Crippen LogP contribution is -2.58. The van der Waals surface area contributed by atoms with Crippen LogP contribution in [-0.4, -0.2) is 29.3 Å². The summed E-state index contributed by atoms with van der Waals surface area (Å²) in [4.78, 5) is 26.2. The highest BCUT2D eigenvalue weighted by molar-refractivity contribution is 5.97. The Morgan fingerprint density at radius 1 is 1.21 bits per heavy atom. The summed E-state index contributed by atoms with van der Waals surface area (Å²) in [5, 5.41) is 2.75. The van der Waals surface area contributed by atoms with Crippen molar-refractivity contribution in [2.24, 2.45) is 5.92 Å². The van der Waals surface area contributed by atoms with E-state index in [1.54, 1.807) is 11.8 Å². The minimum atomic E-state index is -0.507. The maximum Gasteiger partial charge on any atom is 0.248 e. The molecule has 0 aromatic heterocycles. The van der Waals surface area contributed by atoms with Crippen molar-refractivity contribution < 1.29 is 9.59 Å². The summed E-state index contributed by atoms with van der Waals surface area (Å²) < 4.78 is 0. The Bertz CT molecular complexity index is 470. The zero-order valence-corrected chi connectivity index (χ0v) is 11.6. The first-order chi connectivity index (χ1) is 9.00. The lowest BCUT2D eigenvalue weighted by atomic mass is 9.98. The van der Waals surface area contributed by atoms with Gasteiger partial charge in [0.05, 0.1) is 0 Å². The molecule has 0 spiro atoms. The topological polar surface area (TPSA) is 49.4 Å². The Kier molecular flexibility index (Phi) is 3.88. The van der Waals surface area contributed by atoms with Gasteiger partial charge in [0.15, 0.2) is 0 Å². The van der Waals surface area contributed by atoms with Crippen LogP contribution in [0.25, 0.3) is 0 Å².